The van der Waals surface area contributed by atoms with Gasteiger partial charge in [-0.15, -0.1) is 0 Å². The molecule has 2 heterocycles. The zero-order chi connectivity index (χ0) is 12.4. The van der Waals surface area contributed by atoms with E-state index < -0.39 is 0 Å². The molecule has 18 heavy (non-hydrogen) atoms. The first-order valence-corrected chi connectivity index (χ1v) is 7.46. The van der Waals surface area contributed by atoms with Gasteiger partial charge in [-0.3, -0.25) is 4.98 Å². The van der Waals surface area contributed by atoms with Gasteiger partial charge in [-0.05, 0) is 30.4 Å². The van der Waals surface area contributed by atoms with Crippen molar-refractivity contribution in [1.29, 1.82) is 0 Å². The van der Waals surface area contributed by atoms with Crippen molar-refractivity contribution in [2.45, 2.75) is 6.42 Å². The first kappa shape index (κ1) is 11.7. The van der Waals surface area contributed by atoms with E-state index in [4.69, 9.17) is 5.73 Å². The summed E-state index contributed by atoms with van der Waals surface area (Å²) in [6.07, 6.45) is 4.98. The second-order valence-corrected chi connectivity index (χ2v) is 5.77. The van der Waals surface area contributed by atoms with Gasteiger partial charge in [0.25, 0.3) is 0 Å². The largest absolute Gasteiger partial charge is 0.398 e. The molecule has 2 N–H and O–H groups in total. The quantitative estimate of drug-likeness (QED) is 0.800. The number of rotatable bonds is 1. The molecule has 2 aromatic rings. The second-order valence-electron chi connectivity index (χ2n) is 4.55. The Kier molecular flexibility index (Phi) is 3.28. The van der Waals surface area contributed by atoms with Crippen LogP contribution in [0.15, 0.2) is 30.6 Å². The SMILES string of the molecule is Nc1ccc(N2CCCSCC2)c2cnccc12. The van der Waals surface area contributed by atoms with Gasteiger partial charge in [0.1, 0.15) is 0 Å². The van der Waals surface area contributed by atoms with Crippen LogP contribution in [0.4, 0.5) is 11.4 Å². The smallest absolute Gasteiger partial charge is 0.0463 e. The van der Waals surface area contributed by atoms with Crippen LogP contribution in [0.25, 0.3) is 10.8 Å². The van der Waals surface area contributed by atoms with Crippen molar-refractivity contribution in [2.75, 3.05) is 35.2 Å². The topological polar surface area (TPSA) is 42.1 Å². The fourth-order valence-electron chi connectivity index (χ4n) is 2.46. The summed E-state index contributed by atoms with van der Waals surface area (Å²) in [5, 5.41) is 2.28. The van der Waals surface area contributed by atoms with E-state index in [1.165, 1.54) is 29.0 Å². The number of nitrogens with two attached hydrogens (primary N) is 1. The molecule has 0 radical (unpaired) electrons. The molecule has 1 saturated heterocycles. The Hall–Kier alpha value is -1.42. The molecule has 4 heteroatoms. The molecule has 0 amide bonds. The number of hydrogen-bond donors (Lipinski definition) is 1. The minimum Gasteiger partial charge on any atom is -0.398 e. The lowest BCUT2D eigenvalue weighted by atomic mass is 10.1. The average Bonchev–Trinajstić information content (AvgIpc) is 2.68. The summed E-state index contributed by atoms with van der Waals surface area (Å²) in [5.41, 5.74) is 8.14. The molecule has 0 atom stereocenters. The first-order valence-electron chi connectivity index (χ1n) is 6.31. The van der Waals surface area contributed by atoms with Gasteiger partial charge in [-0.2, -0.15) is 11.8 Å². The molecule has 1 aliphatic rings. The number of nitrogens with zero attached hydrogens (tertiary/aromatic N) is 2. The van der Waals surface area contributed by atoms with Gasteiger partial charge in [0.15, 0.2) is 0 Å². The Labute approximate surface area is 111 Å². The molecule has 0 unspecified atom stereocenters. The van der Waals surface area contributed by atoms with Gasteiger partial charge in [0.05, 0.1) is 0 Å². The van der Waals surface area contributed by atoms with Crippen LogP contribution < -0.4 is 10.6 Å². The van der Waals surface area contributed by atoms with E-state index in [0.29, 0.717) is 0 Å². The summed E-state index contributed by atoms with van der Waals surface area (Å²) in [4.78, 5) is 6.71. The summed E-state index contributed by atoms with van der Waals surface area (Å²) < 4.78 is 0. The molecule has 1 aliphatic heterocycles. The summed E-state index contributed by atoms with van der Waals surface area (Å²) in [5.74, 6) is 2.47. The van der Waals surface area contributed by atoms with E-state index in [9.17, 15) is 0 Å². The molecule has 0 bridgehead atoms. The van der Waals surface area contributed by atoms with Crippen LogP contribution in [0.3, 0.4) is 0 Å². The summed E-state index contributed by atoms with van der Waals surface area (Å²) in [7, 11) is 0. The standard InChI is InChI=1S/C14H17N3S/c15-13-2-3-14(12-10-16-5-4-11(12)13)17-6-1-8-18-9-7-17/h2-5,10H,1,6-9,15H2. The van der Waals surface area contributed by atoms with Crippen LogP contribution in [0.5, 0.6) is 0 Å². The minimum absolute atomic E-state index is 0.834. The van der Waals surface area contributed by atoms with Crippen molar-refractivity contribution >= 4 is 33.9 Å². The number of nitrogen functional groups attached to an aromatic ring is 1. The van der Waals surface area contributed by atoms with Crippen LogP contribution in [-0.2, 0) is 0 Å². The molecule has 0 spiro atoms. The predicted octanol–water partition coefficient (Wildman–Crippen LogP) is 2.76. The van der Waals surface area contributed by atoms with Crippen molar-refractivity contribution in [3.8, 4) is 0 Å². The highest BCUT2D eigenvalue weighted by atomic mass is 32.2. The molecule has 3 rings (SSSR count). The Morgan fingerprint density at radius 1 is 1.11 bits per heavy atom. The third kappa shape index (κ3) is 2.12. The minimum atomic E-state index is 0.834. The van der Waals surface area contributed by atoms with Gasteiger partial charge in [0.2, 0.25) is 0 Å². The lowest BCUT2D eigenvalue weighted by molar-refractivity contribution is 0.819. The summed E-state index contributed by atoms with van der Waals surface area (Å²) >= 11 is 2.04. The first-order chi connectivity index (χ1) is 8.86. The molecule has 0 saturated carbocycles. The van der Waals surface area contributed by atoms with Crippen LogP contribution in [0, 0.1) is 0 Å². The highest BCUT2D eigenvalue weighted by Gasteiger charge is 2.13. The van der Waals surface area contributed by atoms with Crippen molar-refractivity contribution in [1.82, 2.24) is 4.98 Å². The average molecular weight is 259 g/mol. The Bertz CT molecular complexity index is 548. The maximum absolute atomic E-state index is 6.04. The molecule has 1 fully saturated rings. The van der Waals surface area contributed by atoms with Gasteiger partial charge >= 0.3 is 0 Å². The van der Waals surface area contributed by atoms with Crippen molar-refractivity contribution in [2.24, 2.45) is 0 Å². The predicted molar refractivity (Wildman–Crippen MR) is 80.3 cm³/mol. The number of thioether (sulfide) groups is 1. The van der Waals surface area contributed by atoms with Crippen molar-refractivity contribution in [3.63, 3.8) is 0 Å². The highest BCUT2D eigenvalue weighted by Crippen LogP contribution is 2.31. The number of aromatic nitrogens is 1. The van der Waals surface area contributed by atoms with Crippen LogP contribution in [-0.4, -0.2) is 29.6 Å². The van der Waals surface area contributed by atoms with E-state index in [-0.39, 0.29) is 0 Å². The lowest BCUT2D eigenvalue weighted by Crippen LogP contribution is -2.25. The van der Waals surface area contributed by atoms with Crippen LogP contribution >= 0.6 is 11.8 Å². The molecule has 0 aliphatic carbocycles. The van der Waals surface area contributed by atoms with E-state index in [2.05, 4.69) is 16.0 Å². The Morgan fingerprint density at radius 3 is 3.00 bits per heavy atom. The van der Waals surface area contributed by atoms with Gasteiger partial charge in [-0.25, -0.2) is 0 Å². The van der Waals surface area contributed by atoms with Crippen LogP contribution in [0.1, 0.15) is 6.42 Å². The number of hydrogen-bond acceptors (Lipinski definition) is 4. The third-order valence-electron chi connectivity index (χ3n) is 3.39. The Balaban J connectivity index is 2.08. The maximum atomic E-state index is 6.04. The van der Waals surface area contributed by atoms with Crippen molar-refractivity contribution < 1.29 is 0 Å². The molecule has 1 aromatic heterocycles. The summed E-state index contributed by atoms with van der Waals surface area (Å²) in [6, 6.07) is 6.14. The van der Waals surface area contributed by atoms with E-state index >= 15 is 0 Å². The van der Waals surface area contributed by atoms with E-state index in [1.807, 2.05) is 30.1 Å². The lowest BCUT2D eigenvalue weighted by Gasteiger charge is -2.24. The number of benzene rings is 1. The van der Waals surface area contributed by atoms with Gasteiger partial charge < -0.3 is 10.6 Å². The van der Waals surface area contributed by atoms with Crippen molar-refractivity contribution in [3.05, 3.63) is 30.6 Å². The van der Waals surface area contributed by atoms with Gasteiger partial charge in [0, 0.05) is 53.4 Å². The van der Waals surface area contributed by atoms with Crippen LogP contribution in [0.2, 0.25) is 0 Å². The highest BCUT2D eigenvalue weighted by molar-refractivity contribution is 7.99. The monoisotopic (exact) mass is 259 g/mol. The molecule has 3 nitrogen and oxygen atoms in total. The normalized spacial score (nSPS) is 16.8. The maximum Gasteiger partial charge on any atom is 0.0463 e. The van der Waals surface area contributed by atoms with Gasteiger partial charge in [-0.1, -0.05) is 0 Å². The third-order valence-corrected chi connectivity index (χ3v) is 4.44. The molecular weight excluding hydrogens is 242 g/mol. The molecule has 1 aromatic carbocycles. The zero-order valence-corrected chi connectivity index (χ0v) is 11.1. The zero-order valence-electron chi connectivity index (χ0n) is 10.3. The Morgan fingerprint density at radius 2 is 2.06 bits per heavy atom. The fourth-order valence-corrected chi connectivity index (χ4v) is 3.35. The number of fused-ring (bicyclic) bond motifs is 1. The number of anilines is 2. The van der Waals surface area contributed by atoms with E-state index in [0.717, 1.165) is 24.2 Å². The second kappa shape index (κ2) is 5.06. The number of pyridine rings is 1. The molecule has 94 valence electrons. The van der Waals surface area contributed by atoms with E-state index in [1.54, 1.807) is 6.20 Å². The summed E-state index contributed by atoms with van der Waals surface area (Å²) in [6.45, 7) is 2.24. The molecular formula is C14H17N3S. The fraction of sp³-hybridized carbons (Fsp3) is 0.357.